The molecule has 1 fully saturated rings. The van der Waals surface area contributed by atoms with Crippen molar-refractivity contribution in [3.63, 3.8) is 0 Å². The molecule has 1 saturated carbocycles. The Morgan fingerprint density at radius 2 is 2.25 bits per heavy atom. The molecule has 44 valence electrons. The summed E-state index contributed by atoms with van der Waals surface area (Å²) in [7, 11) is 0. The van der Waals surface area contributed by atoms with Crippen molar-refractivity contribution in [2.24, 2.45) is 11.3 Å². The van der Waals surface area contributed by atoms with Gasteiger partial charge in [-0.15, -0.1) is 0 Å². The van der Waals surface area contributed by atoms with Crippen molar-refractivity contribution in [2.75, 3.05) is 0 Å². The summed E-state index contributed by atoms with van der Waals surface area (Å²) >= 11 is 0. The molecule has 0 bridgehead atoms. The van der Waals surface area contributed by atoms with E-state index in [9.17, 15) is 4.79 Å². The maximum Gasteiger partial charge on any atom is 0.120 e. The van der Waals surface area contributed by atoms with E-state index in [1.807, 2.05) is 5.94 Å². The lowest BCUT2D eigenvalue weighted by molar-refractivity contribution is 0.564. The third kappa shape index (κ3) is 0.823. The first kappa shape index (κ1) is 5.58. The summed E-state index contributed by atoms with van der Waals surface area (Å²) in [6, 6.07) is 0. The van der Waals surface area contributed by atoms with Crippen molar-refractivity contribution in [1.29, 1.82) is 0 Å². The molecule has 0 aliphatic heterocycles. The van der Waals surface area contributed by atoms with Gasteiger partial charge < -0.3 is 0 Å². The monoisotopic (exact) mass is 110 g/mol. The van der Waals surface area contributed by atoms with Gasteiger partial charge in [-0.25, -0.2) is 4.79 Å². The summed E-state index contributed by atoms with van der Waals surface area (Å²) < 4.78 is 0. The van der Waals surface area contributed by atoms with Crippen LogP contribution in [0.15, 0.2) is 6.08 Å². The van der Waals surface area contributed by atoms with Gasteiger partial charge in [0.15, 0.2) is 0 Å². The number of allylic oxidation sites excluding steroid dienone is 1. The van der Waals surface area contributed by atoms with E-state index in [-0.39, 0.29) is 0 Å². The van der Waals surface area contributed by atoms with E-state index in [0.717, 1.165) is 6.42 Å². The van der Waals surface area contributed by atoms with Gasteiger partial charge in [0.2, 0.25) is 0 Å². The molecule has 1 nitrogen and oxygen atoms in total. The molecule has 0 spiro atoms. The van der Waals surface area contributed by atoms with Crippen molar-refractivity contribution in [1.82, 2.24) is 0 Å². The first-order valence-corrected chi connectivity index (χ1v) is 2.88. The highest BCUT2D eigenvalue weighted by Crippen LogP contribution is 2.51. The SMILES string of the molecule is CC1(C)C[C@H]1C=C=O. The van der Waals surface area contributed by atoms with Crippen molar-refractivity contribution in [2.45, 2.75) is 20.3 Å². The molecule has 0 aromatic rings. The summed E-state index contributed by atoms with van der Waals surface area (Å²) in [6.45, 7) is 4.32. The van der Waals surface area contributed by atoms with Crippen molar-refractivity contribution in [3.05, 3.63) is 6.08 Å². The van der Waals surface area contributed by atoms with Crippen LogP contribution in [0, 0.1) is 11.3 Å². The topological polar surface area (TPSA) is 17.1 Å². The van der Waals surface area contributed by atoms with E-state index in [2.05, 4.69) is 13.8 Å². The smallest absolute Gasteiger partial charge is 0.120 e. The molecule has 1 rings (SSSR count). The van der Waals surface area contributed by atoms with Gasteiger partial charge >= 0.3 is 0 Å². The zero-order valence-corrected chi connectivity index (χ0v) is 5.27. The maximum absolute atomic E-state index is 9.76. The van der Waals surface area contributed by atoms with E-state index < -0.39 is 0 Å². The van der Waals surface area contributed by atoms with Gasteiger partial charge in [-0.3, -0.25) is 0 Å². The van der Waals surface area contributed by atoms with Crippen LogP contribution < -0.4 is 0 Å². The maximum atomic E-state index is 9.76. The second-order valence-electron chi connectivity index (χ2n) is 3.08. The summed E-state index contributed by atoms with van der Waals surface area (Å²) in [5.74, 6) is 2.32. The minimum Gasteiger partial charge on any atom is -0.234 e. The Balaban J connectivity index is 2.48. The molecule has 0 radical (unpaired) electrons. The van der Waals surface area contributed by atoms with Crippen molar-refractivity contribution in [3.8, 4) is 0 Å². The standard InChI is InChI=1S/C7H10O/c1-7(2)5-6(7)3-4-8/h3,6H,5H2,1-2H3/t6-/m1/s1. The van der Waals surface area contributed by atoms with Gasteiger partial charge in [-0.05, 0) is 17.8 Å². The average Bonchev–Trinajstić information content (AvgIpc) is 2.15. The molecule has 0 N–H and O–H groups in total. The molecule has 0 unspecified atom stereocenters. The largest absolute Gasteiger partial charge is 0.234 e. The minimum absolute atomic E-state index is 0.400. The fraction of sp³-hybridized carbons (Fsp3) is 0.714. The average molecular weight is 110 g/mol. The molecular weight excluding hydrogens is 100 g/mol. The molecular formula is C7H10O. The minimum atomic E-state index is 0.400. The lowest BCUT2D eigenvalue weighted by atomic mass is 10.1. The molecule has 1 heteroatoms. The molecule has 0 saturated heterocycles. The Kier molecular flexibility index (Phi) is 1.02. The predicted octanol–water partition coefficient (Wildman–Crippen LogP) is 1.42. The predicted molar refractivity (Wildman–Crippen MR) is 32.2 cm³/mol. The van der Waals surface area contributed by atoms with Crippen molar-refractivity contribution >= 4 is 5.94 Å². The van der Waals surface area contributed by atoms with E-state index in [1.165, 1.54) is 0 Å². The third-order valence-electron chi connectivity index (χ3n) is 1.86. The lowest BCUT2D eigenvalue weighted by Gasteiger charge is -1.92. The zero-order chi connectivity index (χ0) is 6.20. The third-order valence-corrected chi connectivity index (χ3v) is 1.86. The van der Waals surface area contributed by atoms with Crippen LogP contribution in [0.2, 0.25) is 0 Å². The van der Waals surface area contributed by atoms with Crippen LogP contribution in [0.5, 0.6) is 0 Å². The van der Waals surface area contributed by atoms with Crippen LogP contribution in [0.25, 0.3) is 0 Å². The number of rotatable bonds is 1. The summed E-state index contributed by atoms with van der Waals surface area (Å²) in [5.41, 5.74) is 0.400. The van der Waals surface area contributed by atoms with E-state index in [0.29, 0.717) is 11.3 Å². The van der Waals surface area contributed by atoms with Crippen LogP contribution in [0.3, 0.4) is 0 Å². The van der Waals surface area contributed by atoms with Gasteiger partial charge in [0.1, 0.15) is 5.94 Å². The first-order valence-electron chi connectivity index (χ1n) is 2.88. The molecule has 8 heavy (non-hydrogen) atoms. The van der Waals surface area contributed by atoms with Gasteiger partial charge in [0, 0.05) is 6.08 Å². The second-order valence-corrected chi connectivity index (χ2v) is 3.08. The molecule has 0 amide bonds. The normalized spacial score (nSPS) is 31.0. The number of hydrogen-bond acceptors (Lipinski definition) is 1. The summed E-state index contributed by atoms with van der Waals surface area (Å²) in [4.78, 5) is 9.76. The van der Waals surface area contributed by atoms with Crippen LogP contribution in [-0.2, 0) is 4.79 Å². The van der Waals surface area contributed by atoms with E-state index in [1.54, 1.807) is 6.08 Å². The highest BCUT2D eigenvalue weighted by molar-refractivity contribution is 5.47. The van der Waals surface area contributed by atoms with E-state index >= 15 is 0 Å². The Labute approximate surface area is 49.4 Å². The fourth-order valence-corrected chi connectivity index (χ4v) is 0.875. The van der Waals surface area contributed by atoms with Gasteiger partial charge in [-0.2, -0.15) is 0 Å². The first-order chi connectivity index (χ1) is 3.67. The van der Waals surface area contributed by atoms with Crippen LogP contribution in [0.1, 0.15) is 20.3 Å². The Hall–Kier alpha value is -0.550. The Morgan fingerprint density at radius 1 is 1.75 bits per heavy atom. The molecule has 0 heterocycles. The van der Waals surface area contributed by atoms with Gasteiger partial charge in [-0.1, -0.05) is 13.8 Å². The Bertz CT molecular complexity index is 140. The zero-order valence-electron chi connectivity index (χ0n) is 5.27. The molecule has 1 atom stereocenters. The van der Waals surface area contributed by atoms with Gasteiger partial charge in [0.05, 0.1) is 0 Å². The molecule has 0 aromatic heterocycles. The highest BCUT2D eigenvalue weighted by Gasteiger charge is 2.43. The van der Waals surface area contributed by atoms with E-state index in [4.69, 9.17) is 0 Å². The number of carbonyl (C=O) groups excluding carboxylic acids is 1. The molecule has 1 aliphatic rings. The highest BCUT2D eigenvalue weighted by atomic mass is 16.1. The van der Waals surface area contributed by atoms with Crippen molar-refractivity contribution < 1.29 is 4.79 Å². The van der Waals surface area contributed by atoms with Crippen LogP contribution in [-0.4, -0.2) is 5.94 Å². The number of hydrogen-bond donors (Lipinski definition) is 0. The summed E-state index contributed by atoms with van der Waals surface area (Å²) in [5, 5.41) is 0. The Morgan fingerprint density at radius 3 is 2.38 bits per heavy atom. The fourth-order valence-electron chi connectivity index (χ4n) is 0.875. The van der Waals surface area contributed by atoms with Crippen LogP contribution in [0.4, 0.5) is 0 Å². The molecule has 1 aliphatic carbocycles. The molecule has 0 aromatic carbocycles. The van der Waals surface area contributed by atoms with Crippen LogP contribution >= 0.6 is 0 Å². The second kappa shape index (κ2) is 1.46. The lowest BCUT2D eigenvalue weighted by Crippen LogP contribution is -1.85. The van der Waals surface area contributed by atoms with Gasteiger partial charge in [0.25, 0.3) is 0 Å². The quantitative estimate of drug-likeness (QED) is 0.466. The summed E-state index contributed by atoms with van der Waals surface area (Å²) in [6.07, 6.45) is 2.78.